The van der Waals surface area contributed by atoms with Crippen molar-refractivity contribution in [2.45, 2.75) is 37.0 Å². The van der Waals surface area contributed by atoms with Gasteiger partial charge in [0.25, 0.3) is 0 Å². The number of nitrogens with zero attached hydrogens (tertiary/aromatic N) is 3. The number of hydrogen-bond donors (Lipinski definition) is 1. The molecule has 0 radical (unpaired) electrons. The van der Waals surface area contributed by atoms with Gasteiger partial charge in [-0.15, -0.1) is 0 Å². The number of benzene rings is 4. The number of para-hydroxylation sites is 2. The molecular weight excluding hydrogens is 530 g/mol. The molecule has 0 atom stereocenters. The number of aliphatic carboxylic acids is 1. The van der Waals surface area contributed by atoms with E-state index in [0.717, 1.165) is 34.1 Å². The van der Waals surface area contributed by atoms with Gasteiger partial charge < -0.3 is 14.6 Å². The highest BCUT2D eigenvalue weighted by Gasteiger charge is 2.22. The first-order chi connectivity index (χ1) is 20.1. The smallest absolute Gasteiger partial charge is 0.323 e. The third-order valence-electron chi connectivity index (χ3n) is 7.07. The number of thioether (sulfide) groups is 1. The van der Waals surface area contributed by atoms with Crippen molar-refractivity contribution in [2.24, 2.45) is 0 Å². The summed E-state index contributed by atoms with van der Waals surface area (Å²) in [6, 6.07) is 38.1. The molecule has 1 aromatic heterocycles. The van der Waals surface area contributed by atoms with Crippen LogP contribution in [0.1, 0.15) is 35.4 Å². The molecule has 0 fully saturated rings. The predicted octanol–water partition coefficient (Wildman–Crippen LogP) is 6.85. The van der Waals surface area contributed by atoms with Gasteiger partial charge in [0.1, 0.15) is 6.54 Å². The summed E-state index contributed by atoms with van der Waals surface area (Å²) >= 11 is 1.53. The maximum atomic E-state index is 13.9. The lowest BCUT2D eigenvalue weighted by Gasteiger charge is -2.26. The molecule has 5 aromatic rings. The first-order valence-corrected chi connectivity index (χ1v) is 14.8. The van der Waals surface area contributed by atoms with E-state index in [1.165, 1.54) is 11.8 Å². The van der Waals surface area contributed by atoms with E-state index >= 15 is 0 Å². The maximum Gasteiger partial charge on any atom is 0.323 e. The number of amides is 1. The van der Waals surface area contributed by atoms with Crippen molar-refractivity contribution < 1.29 is 14.7 Å². The third-order valence-corrected chi connectivity index (χ3v) is 8.13. The minimum atomic E-state index is -0.902. The summed E-state index contributed by atoms with van der Waals surface area (Å²) in [6.07, 6.45) is 1.13. The quantitative estimate of drug-likeness (QED) is 0.125. The molecule has 0 aliphatic carbocycles. The minimum absolute atomic E-state index is 0.0338. The summed E-state index contributed by atoms with van der Waals surface area (Å²) in [6.45, 7) is 0.996. The number of carbonyl (C=O) groups is 2. The Bertz CT molecular complexity index is 1530. The molecule has 0 bridgehead atoms. The minimum Gasteiger partial charge on any atom is -0.480 e. The number of aromatic nitrogens is 2. The van der Waals surface area contributed by atoms with Crippen LogP contribution in [0.25, 0.3) is 11.0 Å². The lowest BCUT2D eigenvalue weighted by molar-refractivity contribution is -0.137. The van der Waals surface area contributed by atoms with Crippen LogP contribution in [0, 0.1) is 0 Å². The van der Waals surface area contributed by atoms with Gasteiger partial charge in [-0.25, -0.2) is 4.98 Å². The number of rotatable bonds is 13. The Kier molecular flexibility index (Phi) is 9.49. The first kappa shape index (κ1) is 28.2. The van der Waals surface area contributed by atoms with Gasteiger partial charge >= 0.3 is 5.97 Å². The second kappa shape index (κ2) is 13.8. The number of carboxylic acids is 1. The second-order valence-electron chi connectivity index (χ2n) is 9.94. The van der Waals surface area contributed by atoms with E-state index in [2.05, 4.69) is 41.4 Å². The number of carbonyl (C=O) groups excluding carboxylic acids is 1. The molecule has 0 spiro atoms. The maximum absolute atomic E-state index is 13.9. The molecule has 0 aliphatic rings. The number of hydrogen-bond acceptors (Lipinski definition) is 4. The van der Waals surface area contributed by atoms with Gasteiger partial charge in [-0.05, 0) is 35.2 Å². The molecule has 0 unspecified atom stereocenters. The normalized spacial score (nSPS) is 11.1. The fourth-order valence-corrected chi connectivity index (χ4v) is 6.01. The topological polar surface area (TPSA) is 75.4 Å². The highest BCUT2D eigenvalue weighted by molar-refractivity contribution is 7.99. The molecule has 7 heteroatoms. The zero-order valence-electron chi connectivity index (χ0n) is 22.8. The van der Waals surface area contributed by atoms with Crippen molar-refractivity contribution in [2.75, 3.05) is 12.3 Å². The van der Waals surface area contributed by atoms with Crippen molar-refractivity contribution in [3.05, 3.63) is 132 Å². The summed E-state index contributed by atoms with van der Waals surface area (Å²) in [7, 11) is 0. The summed E-state index contributed by atoms with van der Waals surface area (Å²) in [5, 5.41) is 10.1. The van der Waals surface area contributed by atoms with E-state index in [0.29, 0.717) is 30.4 Å². The molecule has 6 nitrogen and oxygen atoms in total. The molecule has 0 saturated heterocycles. The number of carboxylic acid groups (broad SMARTS) is 1. The van der Waals surface area contributed by atoms with Gasteiger partial charge in [0.2, 0.25) is 5.91 Å². The molecule has 1 amide bonds. The molecule has 41 heavy (non-hydrogen) atoms. The average Bonchev–Trinajstić information content (AvgIpc) is 3.35. The average molecular weight is 564 g/mol. The number of imidazole rings is 1. The van der Waals surface area contributed by atoms with Crippen LogP contribution in [0.3, 0.4) is 0 Å². The van der Waals surface area contributed by atoms with Crippen LogP contribution in [-0.2, 0) is 22.7 Å². The Morgan fingerprint density at radius 1 is 0.805 bits per heavy atom. The third kappa shape index (κ3) is 7.44. The van der Waals surface area contributed by atoms with Crippen LogP contribution in [0.15, 0.2) is 120 Å². The van der Waals surface area contributed by atoms with E-state index in [1.54, 1.807) is 4.57 Å². The zero-order valence-corrected chi connectivity index (χ0v) is 23.6. The lowest BCUT2D eigenvalue weighted by atomic mass is 9.88. The Labute approximate surface area is 244 Å². The van der Waals surface area contributed by atoms with Crippen LogP contribution in [0.2, 0.25) is 0 Å². The molecular formula is C34H33N3O3S. The molecule has 5 rings (SSSR count). The largest absolute Gasteiger partial charge is 0.480 e. The van der Waals surface area contributed by atoms with E-state index < -0.39 is 5.97 Å². The van der Waals surface area contributed by atoms with Crippen LogP contribution in [0.4, 0.5) is 0 Å². The van der Waals surface area contributed by atoms with Crippen molar-refractivity contribution in [3.63, 3.8) is 0 Å². The van der Waals surface area contributed by atoms with Gasteiger partial charge in [0, 0.05) is 31.2 Å². The van der Waals surface area contributed by atoms with Gasteiger partial charge in [-0.3, -0.25) is 9.59 Å². The SMILES string of the molecule is O=C(O)Cn1c(SCCCN(Cc2ccccc2)C(=O)CC(c2ccccc2)c2ccccc2)nc2ccccc21. The van der Waals surface area contributed by atoms with Crippen molar-refractivity contribution in [1.82, 2.24) is 14.5 Å². The van der Waals surface area contributed by atoms with Crippen LogP contribution in [0.5, 0.6) is 0 Å². The van der Waals surface area contributed by atoms with E-state index in [4.69, 9.17) is 0 Å². The van der Waals surface area contributed by atoms with Crippen LogP contribution >= 0.6 is 11.8 Å². The van der Waals surface area contributed by atoms with E-state index in [9.17, 15) is 14.7 Å². The Balaban J connectivity index is 1.30. The molecule has 0 saturated carbocycles. The molecule has 208 valence electrons. The highest BCUT2D eigenvalue weighted by atomic mass is 32.2. The van der Waals surface area contributed by atoms with Gasteiger partial charge in [-0.2, -0.15) is 0 Å². The Morgan fingerprint density at radius 2 is 1.39 bits per heavy atom. The molecule has 1 heterocycles. The summed E-state index contributed by atoms with van der Waals surface area (Å²) in [4.78, 5) is 32.0. The van der Waals surface area contributed by atoms with Crippen molar-refractivity contribution in [1.29, 1.82) is 0 Å². The summed E-state index contributed by atoms with van der Waals surface area (Å²) in [5.41, 5.74) is 4.93. The molecule has 1 N–H and O–H groups in total. The molecule has 0 aliphatic heterocycles. The fourth-order valence-electron chi connectivity index (χ4n) is 5.07. The first-order valence-electron chi connectivity index (χ1n) is 13.8. The van der Waals surface area contributed by atoms with Crippen LogP contribution in [-0.4, -0.2) is 43.7 Å². The predicted molar refractivity (Wildman–Crippen MR) is 164 cm³/mol. The van der Waals surface area contributed by atoms with Crippen molar-refractivity contribution in [3.8, 4) is 0 Å². The van der Waals surface area contributed by atoms with Gasteiger partial charge in [0.05, 0.1) is 11.0 Å². The lowest BCUT2D eigenvalue weighted by Crippen LogP contribution is -2.33. The Morgan fingerprint density at radius 3 is 2.02 bits per heavy atom. The van der Waals surface area contributed by atoms with Gasteiger partial charge in [0.15, 0.2) is 5.16 Å². The Hall–Kier alpha value is -4.36. The fraction of sp³-hybridized carbons (Fsp3) is 0.206. The van der Waals surface area contributed by atoms with E-state index in [1.807, 2.05) is 83.8 Å². The number of fused-ring (bicyclic) bond motifs is 1. The monoisotopic (exact) mass is 563 g/mol. The standard InChI is InChI=1S/C34H33N3O3S/c38-32(23-29(27-15-6-2-7-16-27)28-17-8-3-9-18-28)36(24-26-13-4-1-5-14-26)21-12-22-41-34-35-30-19-10-11-20-31(30)37(34)25-33(39)40/h1-11,13-20,29H,12,21-25H2,(H,39,40). The highest BCUT2D eigenvalue weighted by Crippen LogP contribution is 2.29. The van der Waals surface area contributed by atoms with Crippen LogP contribution < -0.4 is 0 Å². The molecule has 4 aromatic carbocycles. The van der Waals surface area contributed by atoms with Crippen molar-refractivity contribution >= 4 is 34.7 Å². The summed E-state index contributed by atoms with van der Waals surface area (Å²) in [5.74, 6) is -0.119. The van der Waals surface area contributed by atoms with E-state index in [-0.39, 0.29) is 18.4 Å². The second-order valence-corrected chi connectivity index (χ2v) is 11.0. The summed E-state index contributed by atoms with van der Waals surface area (Å²) < 4.78 is 1.75. The van der Waals surface area contributed by atoms with Gasteiger partial charge in [-0.1, -0.05) is 115 Å². The zero-order chi connectivity index (χ0) is 28.4.